The van der Waals surface area contributed by atoms with Crippen LogP contribution in [-0.2, 0) is 0 Å². The van der Waals surface area contributed by atoms with E-state index in [4.69, 9.17) is 4.74 Å². The molecule has 0 spiro atoms. The first-order valence-corrected chi connectivity index (χ1v) is 8.40. The second-order valence-corrected chi connectivity index (χ2v) is 6.20. The van der Waals surface area contributed by atoms with Gasteiger partial charge in [0.05, 0.1) is 29.4 Å². The lowest BCUT2D eigenvalue weighted by molar-refractivity contribution is -0.398. The number of hydrogen-bond donors (Lipinski definition) is 0. The van der Waals surface area contributed by atoms with Gasteiger partial charge in [-0.25, -0.2) is 0 Å². The molecular formula is C20H12N3O6-. The predicted octanol–water partition coefficient (Wildman–Crippen LogP) is 2.46. The van der Waals surface area contributed by atoms with Crippen LogP contribution in [0.3, 0.4) is 0 Å². The van der Waals surface area contributed by atoms with Crippen molar-refractivity contribution in [2.45, 2.75) is 0 Å². The Hall–Kier alpha value is -4.27. The van der Waals surface area contributed by atoms with Crippen LogP contribution in [0.1, 0.15) is 26.3 Å². The van der Waals surface area contributed by atoms with Crippen LogP contribution in [0.5, 0.6) is 11.5 Å². The fourth-order valence-corrected chi connectivity index (χ4v) is 3.22. The lowest BCUT2D eigenvalue weighted by Gasteiger charge is -2.23. The molecule has 0 N–H and O–H groups in total. The fourth-order valence-electron chi connectivity index (χ4n) is 3.22. The predicted molar refractivity (Wildman–Crippen MR) is 101 cm³/mol. The van der Waals surface area contributed by atoms with E-state index < -0.39 is 28.2 Å². The van der Waals surface area contributed by atoms with Crippen molar-refractivity contribution in [3.8, 4) is 11.5 Å². The number of rotatable bonds is 4. The topological polar surface area (TPSA) is 125 Å². The van der Waals surface area contributed by atoms with Gasteiger partial charge in [-0.2, -0.15) is 10.1 Å². The first-order valence-electron chi connectivity index (χ1n) is 8.40. The van der Waals surface area contributed by atoms with Crippen LogP contribution < -0.4 is 9.84 Å². The maximum absolute atomic E-state index is 12.8. The van der Waals surface area contributed by atoms with Crippen molar-refractivity contribution in [3.63, 3.8) is 0 Å². The highest BCUT2D eigenvalue weighted by atomic mass is 16.6. The molecule has 2 amide bonds. The molecule has 1 heterocycles. The zero-order valence-electron chi connectivity index (χ0n) is 15.0. The van der Waals surface area contributed by atoms with Gasteiger partial charge in [0.25, 0.3) is 17.5 Å². The zero-order valence-corrected chi connectivity index (χ0v) is 15.0. The molecule has 3 aromatic rings. The number of carbonyl (C=O) groups excluding carboxylic acids is 2. The summed E-state index contributed by atoms with van der Waals surface area (Å²) in [6.07, 6.45) is 1.10. The normalized spacial score (nSPS) is 13.3. The van der Waals surface area contributed by atoms with Crippen molar-refractivity contribution >= 4 is 34.5 Å². The van der Waals surface area contributed by atoms with Crippen LogP contribution in [-0.4, -0.2) is 35.1 Å². The Bertz CT molecular complexity index is 1180. The summed E-state index contributed by atoms with van der Waals surface area (Å²) < 4.78 is 4.87. The van der Waals surface area contributed by atoms with Crippen molar-refractivity contribution in [3.05, 3.63) is 75.3 Å². The Balaban J connectivity index is 1.77. The third-order valence-electron chi connectivity index (χ3n) is 4.55. The summed E-state index contributed by atoms with van der Waals surface area (Å²) in [5, 5.41) is 29.0. The molecule has 0 aliphatic carbocycles. The number of nitro groups is 1. The average molecular weight is 390 g/mol. The highest BCUT2D eigenvalue weighted by Gasteiger charge is 2.32. The molecule has 0 bridgehead atoms. The summed E-state index contributed by atoms with van der Waals surface area (Å²) in [5.74, 6) is -2.35. The number of ether oxygens (including phenoxy) is 1. The summed E-state index contributed by atoms with van der Waals surface area (Å²) in [4.78, 5) is 35.8. The van der Waals surface area contributed by atoms with E-state index in [1.54, 1.807) is 36.4 Å². The molecule has 0 atom stereocenters. The highest BCUT2D eigenvalue weighted by molar-refractivity contribution is 6.25. The van der Waals surface area contributed by atoms with Gasteiger partial charge in [0, 0.05) is 22.8 Å². The van der Waals surface area contributed by atoms with Gasteiger partial charge in [-0.05, 0) is 23.6 Å². The number of carbonyl (C=O) groups is 2. The minimum Gasteiger partial charge on any atom is -0.865 e. The Morgan fingerprint density at radius 2 is 1.69 bits per heavy atom. The van der Waals surface area contributed by atoms with Gasteiger partial charge in [0.2, 0.25) is 0 Å². The molecule has 4 rings (SSSR count). The third kappa shape index (κ3) is 2.85. The molecular weight excluding hydrogens is 378 g/mol. The van der Waals surface area contributed by atoms with Crippen molar-refractivity contribution in [1.29, 1.82) is 0 Å². The minimum absolute atomic E-state index is 0.130. The van der Waals surface area contributed by atoms with E-state index in [9.17, 15) is 24.8 Å². The van der Waals surface area contributed by atoms with E-state index >= 15 is 0 Å². The van der Waals surface area contributed by atoms with Gasteiger partial charge >= 0.3 is 0 Å². The van der Waals surface area contributed by atoms with E-state index in [-0.39, 0.29) is 11.3 Å². The lowest BCUT2D eigenvalue weighted by atomic mass is 9.95. The molecule has 0 unspecified atom stereocenters. The molecule has 1 aliphatic heterocycles. The number of nitro benzene ring substituents is 1. The number of amides is 2. The van der Waals surface area contributed by atoms with E-state index in [1.165, 1.54) is 13.2 Å². The van der Waals surface area contributed by atoms with Crippen LogP contribution in [0.2, 0.25) is 0 Å². The molecule has 9 heteroatoms. The summed E-state index contributed by atoms with van der Waals surface area (Å²) in [5.41, 5.74) is 0.0877. The Kier molecular flexibility index (Phi) is 4.19. The quantitative estimate of drug-likeness (QED) is 0.292. The maximum atomic E-state index is 12.8. The number of nitrogens with zero attached hydrogens (tertiary/aromatic N) is 3. The monoisotopic (exact) mass is 390 g/mol. The summed E-state index contributed by atoms with van der Waals surface area (Å²) in [7, 11) is 1.21. The number of methoxy groups -OCH3 is 1. The molecule has 0 aromatic heterocycles. The van der Waals surface area contributed by atoms with E-state index in [1.807, 2.05) is 0 Å². The van der Waals surface area contributed by atoms with E-state index in [2.05, 4.69) is 5.10 Å². The van der Waals surface area contributed by atoms with Gasteiger partial charge in [0.1, 0.15) is 5.75 Å². The summed E-state index contributed by atoms with van der Waals surface area (Å²) >= 11 is 0. The van der Waals surface area contributed by atoms with Crippen molar-refractivity contribution in [2.75, 3.05) is 7.11 Å². The third-order valence-corrected chi connectivity index (χ3v) is 4.55. The summed E-state index contributed by atoms with van der Waals surface area (Å²) in [6, 6.07) is 12.5. The minimum atomic E-state index is -0.875. The number of hydrazone groups is 1. The number of hydrogen-bond acceptors (Lipinski definition) is 7. The smallest absolute Gasteiger partial charge is 0.282 e. The molecule has 1 aliphatic rings. The molecule has 3 aromatic carbocycles. The highest BCUT2D eigenvalue weighted by Crippen LogP contribution is 2.34. The molecule has 0 fully saturated rings. The van der Waals surface area contributed by atoms with Crippen molar-refractivity contribution in [1.82, 2.24) is 5.01 Å². The second kappa shape index (κ2) is 6.71. The van der Waals surface area contributed by atoms with Gasteiger partial charge in [-0.1, -0.05) is 24.3 Å². The Labute approximate surface area is 163 Å². The molecule has 29 heavy (non-hydrogen) atoms. The first-order chi connectivity index (χ1) is 13.9. The standard InChI is InChI=1S/C20H13N3O6/c1-29-16-9-11(8-15(18(16)24)23(27)28)10-21-22-19(25)13-6-2-4-12-5-3-7-14(17(12)13)20(22)26/h2-10,24H,1H3/p-1. The van der Waals surface area contributed by atoms with Crippen LogP contribution in [0.15, 0.2) is 53.6 Å². The van der Waals surface area contributed by atoms with Crippen LogP contribution in [0, 0.1) is 10.1 Å². The molecule has 0 saturated carbocycles. The summed E-state index contributed by atoms with van der Waals surface area (Å²) in [6.45, 7) is 0. The van der Waals surface area contributed by atoms with Gasteiger partial charge in [-0.15, -0.1) is 0 Å². The van der Waals surface area contributed by atoms with Gasteiger partial charge in [-0.3, -0.25) is 19.7 Å². The van der Waals surface area contributed by atoms with Crippen LogP contribution >= 0.6 is 0 Å². The molecule has 0 radical (unpaired) electrons. The molecule has 144 valence electrons. The van der Waals surface area contributed by atoms with Crippen LogP contribution in [0.4, 0.5) is 5.69 Å². The van der Waals surface area contributed by atoms with Crippen molar-refractivity contribution < 1.29 is 24.4 Å². The lowest BCUT2D eigenvalue weighted by Crippen LogP contribution is -2.36. The number of imide groups is 1. The second-order valence-electron chi connectivity index (χ2n) is 6.20. The Morgan fingerprint density at radius 1 is 1.07 bits per heavy atom. The van der Waals surface area contributed by atoms with Gasteiger partial charge in [0.15, 0.2) is 0 Å². The van der Waals surface area contributed by atoms with Crippen molar-refractivity contribution in [2.24, 2.45) is 5.10 Å². The largest absolute Gasteiger partial charge is 0.865 e. The van der Waals surface area contributed by atoms with E-state index in [0.717, 1.165) is 17.7 Å². The zero-order chi connectivity index (χ0) is 20.7. The van der Waals surface area contributed by atoms with Gasteiger partial charge < -0.3 is 9.84 Å². The number of benzene rings is 3. The Morgan fingerprint density at radius 3 is 2.24 bits per heavy atom. The fraction of sp³-hybridized carbons (Fsp3) is 0.0500. The first kappa shape index (κ1) is 18.1. The van der Waals surface area contributed by atoms with Crippen LogP contribution in [0.25, 0.3) is 10.8 Å². The SMILES string of the molecule is COc1cc(C=NN2C(=O)c3cccc4cccc(c34)C2=O)cc([N+](=O)[O-])c1[O-]. The molecule has 9 nitrogen and oxygen atoms in total. The molecule has 0 saturated heterocycles. The average Bonchev–Trinajstić information content (AvgIpc) is 2.72. The maximum Gasteiger partial charge on any atom is 0.282 e. The van der Waals surface area contributed by atoms with E-state index in [0.29, 0.717) is 21.5 Å².